The van der Waals surface area contributed by atoms with Crippen molar-refractivity contribution in [3.05, 3.63) is 144 Å². The Balaban J connectivity index is 1.54. The molecule has 9 nitrogen and oxygen atoms in total. The molecule has 1 aliphatic rings. The summed E-state index contributed by atoms with van der Waals surface area (Å²) in [5.41, 5.74) is -2.82. The van der Waals surface area contributed by atoms with E-state index < -0.39 is 61.0 Å². The molecular formula is C34H26F2O9. The molecule has 0 saturated carbocycles. The van der Waals surface area contributed by atoms with Crippen molar-refractivity contribution in [2.24, 2.45) is 0 Å². The standard InChI is InChI=1S/C34H26F2O9/c35-33(36)34(21-41-28(37)22-13-5-1-6-14-22)27(43-30(39)24-17-9-3-10-18-24)26(42-29(38)23-15-7-2-8-16-23)32(45-34)44-31(40)25-19-11-4-12-20-25/h1-20,26-27,32-33H,21H2/t26-,27+,32?,34-/m1/s1. The minimum atomic E-state index is -3.51. The minimum absolute atomic E-state index is 0.0141. The third kappa shape index (κ3) is 7.05. The molecular weight excluding hydrogens is 590 g/mol. The summed E-state index contributed by atoms with van der Waals surface area (Å²) >= 11 is 0. The maximum atomic E-state index is 15.2. The van der Waals surface area contributed by atoms with E-state index in [1.54, 1.807) is 60.7 Å². The predicted molar refractivity (Wildman–Crippen MR) is 153 cm³/mol. The highest BCUT2D eigenvalue weighted by Crippen LogP contribution is 2.42. The van der Waals surface area contributed by atoms with Crippen LogP contribution in [0.3, 0.4) is 0 Å². The zero-order valence-corrected chi connectivity index (χ0v) is 23.5. The summed E-state index contributed by atoms with van der Waals surface area (Å²) in [5.74, 6) is -4.05. The van der Waals surface area contributed by atoms with E-state index >= 15 is 8.78 Å². The first-order valence-electron chi connectivity index (χ1n) is 13.7. The molecule has 0 radical (unpaired) electrons. The smallest absolute Gasteiger partial charge is 0.340 e. The van der Waals surface area contributed by atoms with Gasteiger partial charge in [0, 0.05) is 0 Å². The third-order valence-corrected chi connectivity index (χ3v) is 6.92. The summed E-state index contributed by atoms with van der Waals surface area (Å²) in [6.45, 7) is -1.16. The zero-order valence-electron chi connectivity index (χ0n) is 23.5. The van der Waals surface area contributed by atoms with Gasteiger partial charge in [0.05, 0.1) is 22.3 Å². The monoisotopic (exact) mass is 616 g/mol. The van der Waals surface area contributed by atoms with E-state index in [0.29, 0.717) is 0 Å². The number of halogens is 2. The molecule has 11 heteroatoms. The number of alkyl halides is 2. The summed E-state index contributed by atoms with van der Waals surface area (Å²) in [7, 11) is 0. The molecule has 45 heavy (non-hydrogen) atoms. The van der Waals surface area contributed by atoms with Gasteiger partial charge in [-0.25, -0.2) is 28.0 Å². The van der Waals surface area contributed by atoms with Gasteiger partial charge < -0.3 is 23.7 Å². The average molecular weight is 617 g/mol. The first kappa shape index (κ1) is 31.0. The molecule has 0 aliphatic carbocycles. The molecule has 0 bridgehead atoms. The molecule has 1 unspecified atom stereocenters. The van der Waals surface area contributed by atoms with Gasteiger partial charge in [-0.2, -0.15) is 0 Å². The van der Waals surface area contributed by atoms with Crippen LogP contribution < -0.4 is 0 Å². The Kier molecular flexibility index (Phi) is 9.59. The van der Waals surface area contributed by atoms with Crippen molar-refractivity contribution in [2.45, 2.75) is 30.5 Å². The summed E-state index contributed by atoms with van der Waals surface area (Å²) in [6.07, 6.45) is -9.55. The molecule has 4 aromatic rings. The number of ether oxygens (including phenoxy) is 5. The maximum absolute atomic E-state index is 15.2. The van der Waals surface area contributed by atoms with Gasteiger partial charge >= 0.3 is 23.9 Å². The zero-order chi connectivity index (χ0) is 31.8. The van der Waals surface area contributed by atoms with Crippen molar-refractivity contribution in [3.63, 3.8) is 0 Å². The van der Waals surface area contributed by atoms with E-state index in [4.69, 9.17) is 23.7 Å². The van der Waals surface area contributed by atoms with E-state index in [1.165, 1.54) is 60.7 Å². The number of hydrogen-bond donors (Lipinski definition) is 0. The van der Waals surface area contributed by atoms with E-state index in [1.807, 2.05) is 0 Å². The van der Waals surface area contributed by atoms with Crippen LogP contribution in [0.5, 0.6) is 0 Å². The second-order valence-electron chi connectivity index (χ2n) is 9.88. The molecule has 0 amide bonds. The summed E-state index contributed by atoms with van der Waals surface area (Å²) < 4.78 is 58.0. The molecule has 1 saturated heterocycles. The molecule has 1 aliphatic heterocycles. The van der Waals surface area contributed by atoms with Crippen LogP contribution in [0.2, 0.25) is 0 Å². The van der Waals surface area contributed by atoms with Crippen molar-refractivity contribution in [1.29, 1.82) is 0 Å². The van der Waals surface area contributed by atoms with Gasteiger partial charge in [0.1, 0.15) is 6.61 Å². The molecule has 4 aromatic carbocycles. The highest BCUT2D eigenvalue weighted by molar-refractivity contribution is 5.91. The van der Waals surface area contributed by atoms with E-state index in [0.717, 1.165) is 0 Å². The van der Waals surface area contributed by atoms with Gasteiger partial charge in [0.15, 0.2) is 6.10 Å². The van der Waals surface area contributed by atoms with Gasteiger partial charge in [0.25, 0.3) is 6.43 Å². The third-order valence-electron chi connectivity index (χ3n) is 6.92. The Morgan fingerprint density at radius 1 is 0.578 bits per heavy atom. The lowest BCUT2D eigenvalue weighted by atomic mass is 9.95. The molecule has 0 N–H and O–H groups in total. The Morgan fingerprint density at radius 3 is 1.38 bits per heavy atom. The number of carbonyl (C=O) groups excluding carboxylic acids is 4. The van der Waals surface area contributed by atoms with Crippen LogP contribution in [0.15, 0.2) is 121 Å². The van der Waals surface area contributed by atoms with Crippen LogP contribution >= 0.6 is 0 Å². The fraction of sp³-hybridized carbons (Fsp3) is 0.176. The number of benzene rings is 4. The summed E-state index contributed by atoms with van der Waals surface area (Å²) in [6, 6.07) is 30.2. The van der Waals surface area contributed by atoms with Gasteiger partial charge in [-0.15, -0.1) is 0 Å². The number of rotatable bonds is 10. The minimum Gasteiger partial charge on any atom is -0.459 e. The van der Waals surface area contributed by atoms with Crippen LogP contribution in [0.4, 0.5) is 8.78 Å². The Morgan fingerprint density at radius 2 is 0.956 bits per heavy atom. The lowest BCUT2D eigenvalue weighted by molar-refractivity contribution is -0.220. The SMILES string of the molecule is O=C(OC[C@@]1(C(F)F)OC(OC(=O)c2ccccc2)[C@H](OC(=O)c2ccccc2)[C@@H]1OC(=O)c1ccccc1)c1ccccc1. The molecule has 1 fully saturated rings. The summed E-state index contributed by atoms with van der Waals surface area (Å²) in [4.78, 5) is 52.3. The molecule has 0 aromatic heterocycles. The Labute approximate surface area is 256 Å². The number of carbonyl (C=O) groups is 4. The molecule has 4 atom stereocenters. The fourth-order valence-electron chi connectivity index (χ4n) is 4.61. The summed E-state index contributed by atoms with van der Waals surface area (Å²) in [5, 5.41) is 0. The highest BCUT2D eigenvalue weighted by Gasteiger charge is 2.66. The van der Waals surface area contributed by atoms with Crippen LogP contribution in [-0.2, 0) is 23.7 Å². The van der Waals surface area contributed by atoms with Gasteiger partial charge in [-0.1, -0.05) is 72.8 Å². The maximum Gasteiger partial charge on any atom is 0.340 e. The molecule has 1 heterocycles. The quantitative estimate of drug-likeness (QED) is 0.168. The molecule has 230 valence electrons. The average Bonchev–Trinajstić information content (AvgIpc) is 3.37. The van der Waals surface area contributed by atoms with Crippen molar-refractivity contribution in [2.75, 3.05) is 6.61 Å². The second kappa shape index (κ2) is 13.9. The van der Waals surface area contributed by atoms with Crippen molar-refractivity contribution in [3.8, 4) is 0 Å². The number of hydrogen-bond acceptors (Lipinski definition) is 9. The van der Waals surface area contributed by atoms with Gasteiger partial charge in [-0.05, 0) is 48.5 Å². The molecule has 0 spiro atoms. The predicted octanol–water partition coefficient (Wildman–Crippen LogP) is 5.51. The topological polar surface area (TPSA) is 114 Å². The van der Waals surface area contributed by atoms with Crippen molar-refractivity contribution >= 4 is 23.9 Å². The lowest BCUT2D eigenvalue weighted by Gasteiger charge is -2.32. The van der Waals surface area contributed by atoms with E-state index in [2.05, 4.69) is 0 Å². The van der Waals surface area contributed by atoms with Gasteiger partial charge in [-0.3, -0.25) is 0 Å². The first-order chi connectivity index (χ1) is 21.8. The highest BCUT2D eigenvalue weighted by atomic mass is 19.3. The van der Waals surface area contributed by atoms with Crippen LogP contribution in [0.1, 0.15) is 41.4 Å². The normalized spacial score (nSPS) is 20.6. The van der Waals surface area contributed by atoms with Crippen LogP contribution in [0, 0.1) is 0 Å². The van der Waals surface area contributed by atoms with Crippen LogP contribution in [-0.4, -0.2) is 61.0 Å². The Bertz CT molecular complexity index is 1620. The van der Waals surface area contributed by atoms with Crippen molar-refractivity contribution < 1.29 is 51.6 Å². The number of esters is 4. The largest absolute Gasteiger partial charge is 0.459 e. The van der Waals surface area contributed by atoms with E-state index in [9.17, 15) is 19.2 Å². The first-order valence-corrected chi connectivity index (χ1v) is 13.7. The van der Waals surface area contributed by atoms with Gasteiger partial charge in [0.2, 0.25) is 18.0 Å². The lowest BCUT2D eigenvalue weighted by Crippen LogP contribution is -2.55. The Hall–Kier alpha value is -5.42. The van der Waals surface area contributed by atoms with E-state index in [-0.39, 0.29) is 22.3 Å². The fourth-order valence-corrected chi connectivity index (χ4v) is 4.61. The van der Waals surface area contributed by atoms with Crippen LogP contribution in [0.25, 0.3) is 0 Å². The second-order valence-corrected chi connectivity index (χ2v) is 9.88. The van der Waals surface area contributed by atoms with Crippen molar-refractivity contribution in [1.82, 2.24) is 0 Å². The molecule has 5 rings (SSSR count).